The van der Waals surface area contributed by atoms with E-state index >= 15 is 0 Å². The smallest absolute Gasteiger partial charge is 0.322 e. The Morgan fingerprint density at radius 1 is 1.14 bits per heavy atom. The molecule has 0 aliphatic rings. The fraction of sp³-hybridized carbons (Fsp3) is 0.500. The van der Waals surface area contributed by atoms with E-state index in [-0.39, 0.29) is 17.7 Å². The number of carboxylic acids is 1. The van der Waals surface area contributed by atoms with Crippen LogP contribution in [0.3, 0.4) is 0 Å². The second-order valence-corrected chi connectivity index (χ2v) is 8.94. The van der Waals surface area contributed by atoms with Crippen LogP contribution in [-0.4, -0.2) is 49.6 Å². The lowest BCUT2D eigenvalue weighted by Gasteiger charge is -2.21. The van der Waals surface area contributed by atoms with Gasteiger partial charge < -0.3 is 15.2 Å². The van der Waals surface area contributed by atoms with Gasteiger partial charge in [-0.15, -0.1) is 0 Å². The summed E-state index contributed by atoms with van der Waals surface area (Å²) in [6.07, 6.45) is -0.412. The lowest BCUT2D eigenvalue weighted by atomic mass is 10.1. The van der Waals surface area contributed by atoms with E-state index in [1.165, 1.54) is 12.1 Å². The molecule has 0 unspecified atom stereocenters. The SMILES string of the molecule is Cc1ccc(S(=O)(=O)N[C@@H](CCC(=O)OC(C)(C)C)C(=O)NCC(=O)O)cc1. The van der Waals surface area contributed by atoms with E-state index in [0.717, 1.165) is 5.56 Å². The second-order valence-electron chi connectivity index (χ2n) is 7.22. The molecule has 0 saturated heterocycles. The first-order chi connectivity index (χ1) is 12.8. The van der Waals surface area contributed by atoms with Gasteiger partial charge in [0, 0.05) is 6.42 Å². The summed E-state index contributed by atoms with van der Waals surface area (Å²) < 4.78 is 32.5. The van der Waals surface area contributed by atoms with Crippen LogP contribution < -0.4 is 10.0 Å². The van der Waals surface area contributed by atoms with Crippen LogP contribution in [0.25, 0.3) is 0 Å². The molecule has 0 bridgehead atoms. The summed E-state index contributed by atoms with van der Waals surface area (Å²) in [6.45, 7) is 6.17. The maximum atomic E-state index is 12.5. The highest BCUT2D eigenvalue weighted by molar-refractivity contribution is 7.89. The zero-order valence-electron chi connectivity index (χ0n) is 16.3. The Hall–Kier alpha value is -2.46. The number of amides is 1. The normalized spacial score (nSPS) is 12.9. The van der Waals surface area contributed by atoms with Gasteiger partial charge in [-0.3, -0.25) is 14.4 Å². The predicted octanol–water partition coefficient (Wildman–Crippen LogP) is 0.965. The largest absolute Gasteiger partial charge is 0.480 e. The van der Waals surface area contributed by atoms with E-state index < -0.39 is 46.1 Å². The van der Waals surface area contributed by atoms with E-state index in [1.807, 2.05) is 0 Å². The van der Waals surface area contributed by atoms with Crippen LogP contribution in [-0.2, 0) is 29.1 Å². The van der Waals surface area contributed by atoms with E-state index in [1.54, 1.807) is 39.8 Å². The molecule has 0 aromatic heterocycles. The molecule has 10 heteroatoms. The van der Waals surface area contributed by atoms with Gasteiger partial charge in [0.15, 0.2) is 0 Å². The van der Waals surface area contributed by atoms with Crippen molar-refractivity contribution < 1.29 is 32.6 Å². The third-order valence-electron chi connectivity index (χ3n) is 3.42. The number of hydrogen-bond acceptors (Lipinski definition) is 6. The Morgan fingerprint density at radius 2 is 1.71 bits per heavy atom. The Balaban J connectivity index is 2.93. The van der Waals surface area contributed by atoms with Crippen LogP contribution in [0.1, 0.15) is 39.2 Å². The number of benzene rings is 1. The number of sulfonamides is 1. The Labute approximate surface area is 164 Å². The van der Waals surface area contributed by atoms with Gasteiger partial charge in [0.2, 0.25) is 15.9 Å². The van der Waals surface area contributed by atoms with Crippen LogP contribution in [0.4, 0.5) is 0 Å². The zero-order chi connectivity index (χ0) is 21.5. The van der Waals surface area contributed by atoms with Gasteiger partial charge in [-0.1, -0.05) is 17.7 Å². The number of rotatable bonds is 9. The predicted molar refractivity (Wildman–Crippen MR) is 101 cm³/mol. The number of carbonyl (C=O) groups is 3. The molecule has 0 heterocycles. The summed E-state index contributed by atoms with van der Waals surface area (Å²) in [5, 5.41) is 10.8. The fourth-order valence-electron chi connectivity index (χ4n) is 2.16. The highest BCUT2D eigenvalue weighted by Crippen LogP contribution is 2.14. The number of hydrogen-bond donors (Lipinski definition) is 3. The van der Waals surface area contributed by atoms with Crippen LogP contribution in [0, 0.1) is 6.92 Å². The van der Waals surface area contributed by atoms with E-state index in [9.17, 15) is 22.8 Å². The molecule has 0 fully saturated rings. The van der Waals surface area contributed by atoms with Crippen molar-refractivity contribution in [3.05, 3.63) is 29.8 Å². The van der Waals surface area contributed by atoms with Gasteiger partial charge in [0.1, 0.15) is 18.2 Å². The first-order valence-corrected chi connectivity index (χ1v) is 10.1. The van der Waals surface area contributed by atoms with Gasteiger partial charge in [-0.25, -0.2) is 8.42 Å². The van der Waals surface area contributed by atoms with Gasteiger partial charge in [-0.05, 0) is 46.2 Å². The molecule has 3 N–H and O–H groups in total. The monoisotopic (exact) mass is 414 g/mol. The lowest BCUT2D eigenvalue weighted by Crippen LogP contribution is -2.48. The number of esters is 1. The molecule has 0 radical (unpaired) electrons. The third-order valence-corrected chi connectivity index (χ3v) is 4.90. The maximum Gasteiger partial charge on any atom is 0.322 e. The number of carbonyl (C=O) groups excluding carboxylic acids is 2. The van der Waals surface area contributed by atoms with Gasteiger partial charge in [-0.2, -0.15) is 4.72 Å². The molecule has 1 rings (SSSR count). The number of aliphatic carboxylic acids is 1. The average Bonchev–Trinajstić information content (AvgIpc) is 2.55. The van der Waals surface area contributed by atoms with Crippen molar-refractivity contribution in [1.29, 1.82) is 0 Å². The Morgan fingerprint density at radius 3 is 2.21 bits per heavy atom. The summed E-state index contributed by atoms with van der Waals surface area (Å²) in [6, 6.07) is 4.65. The highest BCUT2D eigenvalue weighted by Gasteiger charge is 2.27. The summed E-state index contributed by atoms with van der Waals surface area (Å²) in [5.74, 6) is -2.72. The van der Waals surface area contributed by atoms with Crippen molar-refractivity contribution in [2.75, 3.05) is 6.54 Å². The third kappa shape index (κ3) is 8.49. The lowest BCUT2D eigenvalue weighted by molar-refractivity contribution is -0.155. The molecule has 156 valence electrons. The quantitative estimate of drug-likeness (QED) is 0.512. The molecule has 0 saturated carbocycles. The minimum absolute atomic E-state index is 0.0496. The molecule has 1 aromatic rings. The minimum atomic E-state index is -4.05. The van der Waals surface area contributed by atoms with Crippen LogP contribution in [0.2, 0.25) is 0 Å². The Kier molecular flexibility index (Phi) is 8.13. The van der Waals surface area contributed by atoms with Crippen molar-refractivity contribution in [3.63, 3.8) is 0 Å². The maximum absolute atomic E-state index is 12.5. The molecule has 0 aliphatic heterocycles. The number of aryl methyl sites for hydroxylation is 1. The van der Waals surface area contributed by atoms with Crippen molar-refractivity contribution in [3.8, 4) is 0 Å². The standard InChI is InChI=1S/C18H26N2O7S/c1-12-5-7-13(8-6-12)28(25,26)20-14(17(24)19-11-15(21)22)9-10-16(23)27-18(2,3)4/h5-8,14,20H,9-11H2,1-4H3,(H,19,24)(H,21,22)/t14-/m0/s1. The molecule has 0 aliphatic carbocycles. The van der Waals surface area contributed by atoms with E-state index in [4.69, 9.17) is 9.84 Å². The summed E-state index contributed by atoms with van der Waals surface area (Å²) in [5.41, 5.74) is 0.138. The van der Waals surface area contributed by atoms with E-state index in [0.29, 0.717) is 0 Å². The van der Waals surface area contributed by atoms with Crippen LogP contribution >= 0.6 is 0 Å². The minimum Gasteiger partial charge on any atom is -0.480 e. The fourth-order valence-corrected chi connectivity index (χ4v) is 3.39. The summed E-state index contributed by atoms with van der Waals surface area (Å²) in [4.78, 5) is 34.8. The topological polar surface area (TPSA) is 139 Å². The van der Waals surface area contributed by atoms with Crippen LogP contribution in [0.5, 0.6) is 0 Å². The van der Waals surface area contributed by atoms with Gasteiger partial charge in [0.05, 0.1) is 4.90 Å². The summed E-state index contributed by atoms with van der Waals surface area (Å²) >= 11 is 0. The van der Waals surface area contributed by atoms with Crippen molar-refractivity contribution in [2.45, 2.75) is 57.1 Å². The molecule has 28 heavy (non-hydrogen) atoms. The molecular weight excluding hydrogens is 388 g/mol. The van der Waals surface area contributed by atoms with Crippen LogP contribution in [0.15, 0.2) is 29.2 Å². The van der Waals surface area contributed by atoms with Crippen molar-refractivity contribution >= 4 is 27.9 Å². The molecular formula is C18H26N2O7S. The highest BCUT2D eigenvalue weighted by atomic mass is 32.2. The van der Waals surface area contributed by atoms with Crippen molar-refractivity contribution in [1.82, 2.24) is 10.0 Å². The molecule has 1 aromatic carbocycles. The van der Waals surface area contributed by atoms with Gasteiger partial charge in [0.25, 0.3) is 0 Å². The molecule has 1 atom stereocenters. The first kappa shape index (κ1) is 23.6. The summed E-state index contributed by atoms with van der Waals surface area (Å²) in [7, 11) is -4.05. The zero-order valence-corrected chi connectivity index (χ0v) is 17.1. The van der Waals surface area contributed by atoms with Crippen molar-refractivity contribution in [2.24, 2.45) is 0 Å². The van der Waals surface area contributed by atoms with E-state index in [2.05, 4.69) is 10.0 Å². The number of ether oxygens (including phenoxy) is 1. The second kappa shape index (κ2) is 9.65. The van der Waals surface area contributed by atoms with Gasteiger partial charge >= 0.3 is 11.9 Å². The molecule has 0 spiro atoms. The molecule has 9 nitrogen and oxygen atoms in total. The number of carboxylic acid groups (broad SMARTS) is 1. The first-order valence-electron chi connectivity index (χ1n) is 8.60. The number of nitrogens with one attached hydrogen (secondary N) is 2. The Bertz CT molecular complexity index is 811. The molecule has 1 amide bonds. The average molecular weight is 414 g/mol.